The lowest BCUT2D eigenvalue weighted by Gasteiger charge is -2.00. The number of pyridine rings is 1. The third-order valence-electron chi connectivity index (χ3n) is 1.43. The number of hydrogen-bond donors (Lipinski definition) is 0. The van der Waals surface area contributed by atoms with Gasteiger partial charge in [0.25, 0.3) is 6.04 Å². The van der Waals surface area contributed by atoms with E-state index in [4.69, 9.17) is 0 Å². The molecule has 1 atom stereocenters. The first-order valence-electron chi connectivity index (χ1n) is 3.26. The van der Waals surface area contributed by atoms with Crippen LogP contribution in [0.1, 0.15) is 18.7 Å². The second kappa shape index (κ2) is 3.09. The zero-order valence-electron chi connectivity index (χ0n) is 6.10. The average molecular weight is 152 g/mol. The predicted molar refractivity (Wildman–Crippen MR) is 39.6 cm³/mol. The number of hydrogen-bond acceptors (Lipinski definition) is 3. The Kier molecular flexibility index (Phi) is 2.15. The molecule has 0 saturated heterocycles. The fraction of sp³-hybridized carbons (Fsp3) is 0.286. The summed E-state index contributed by atoms with van der Waals surface area (Å²) in [6.07, 6.45) is 1.55. The predicted octanol–water partition coefficient (Wildman–Crippen LogP) is 1.42. The van der Waals surface area contributed by atoms with Gasteiger partial charge in [-0.15, -0.1) is 0 Å². The van der Waals surface area contributed by atoms with Crippen molar-refractivity contribution in [1.82, 2.24) is 4.98 Å². The first-order valence-corrected chi connectivity index (χ1v) is 3.26. The summed E-state index contributed by atoms with van der Waals surface area (Å²) in [6.45, 7) is 1.52. The summed E-state index contributed by atoms with van der Waals surface area (Å²) in [5.74, 6) is 0. The molecule has 0 spiro atoms. The van der Waals surface area contributed by atoms with Gasteiger partial charge in [-0.3, -0.25) is 15.1 Å². The average Bonchev–Trinajstić information content (AvgIpc) is 2.05. The van der Waals surface area contributed by atoms with Crippen LogP contribution in [0.25, 0.3) is 0 Å². The second-order valence-corrected chi connectivity index (χ2v) is 2.22. The topological polar surface area (TPSA) is 56.0 Å². The molecule has 58 valence electrons. The van der Waals surface area contributed by atoms with Crippen LogP contribution in [0.2, 0.25) is 0 Å². The van der Waals surface area contributed by atoms with Crippen molar-refractivity contribution in [1.29, 1.82) is 0 Å². The van der Waals surface area contributed by atoms with Gasteiger partial charge < -0.3 is 0 Å². The lowest BCUT2D eigenvalue weighted by atomic mass is 10.2. The molecule has 0 amide bonds. The molecule has 1 heterocycles. The molecule has 0 aliphatic carbocycles. The van der Waals surface area contributed by atoms with Gasteiger partial charge in [-0.1, -0.05) is 6.07 Å². The Balaban J connectivity index is 2.85. The summed E-state index contributed by atoms with van der Waals surface area (Å²) in [5.41, 5.74) is 0.498. The number of rotatable bonds is 2. The molecular formula is C7H8N2O2. The van der Waals surface area contributed by atoms with Crippen molar-refractivity contribution >= 4 is 0 Å². The van der Waals surface area contributed by atoms with Gasteiger partial charge in [-0.25, -0.2) is 0 Å². The maximum absolute atomic E-state index is 10.3. The van der Waals surface area contributed by atoms with Crippen LogP contribution in [0.3, 0.4) is 0 Å². The van der Waals surface area contributed by atoms with Gasteiger partial charge in [-0.2, -0.15) is 0 Å². The van der Waals surface area contributed by atoms with Crippen molar-refractivity contribution in [2.24, 2.45) is 0 Å². The van der Waals surface area contributed by atoms with E-state index in [1.54, 1.807) is 24.4 Å². The molecule has 1 aromatic rings. The fourth-order valence-electron chi connectivity index (χ4n) is 0.731. The van der Waals surface area contributed by atoms with Crippen LogP contribution < -0.4 is 0 Å². The lowest BCUT2D eigenvalue weighted by Crippen LogP contribution is -2.07. The van der Waals surface area contributed by atoms with E-state index in [1.807, 2.05) is 0 Å². The van der Waals surface area contributed by atoms with E-state index in [0.717, 1.165) is 0 Å². The van der Waals surface area contributed by atoms with Crippen LogP contribution in [-0.2, 0) is 0 Å². The highest BCUT2D eigenvalue weighted by Crippen LogP contribution is 2.10. The Morgan fingerprint density at radius 1 is 1.64 bits per heavy atom. The number of nitrogens with zero attached hydrogens (tertiary/aromatic N) is 2. The Labute approximate surface area is 64.0 Å². The molecule has 0 N–H and O–H groups in total. The van der Waals surface area contributed by atoms with Gasteiger partial charge in [0.05, 0.1) is 0 Å². The second-order valence-electron chi connectivity index (χ2n) is 2.22. The molecule has 0 fully saturated rings. The summed E-state index contributed by atoms with van der Waals surface area (Å²) >= 11 is 0. The summed E-state index contributed by atoms with van der Waals surface area (Å²) in [7, 11) is 0. The van der Waals surface area contributed by atoms with Gasteiger partial charge in [0.15, 0.2) is 0 Å². The van der Waals surface area contributed by atoms with Crippen molar-refractivity contribution < 1.29 is 4.92 Å². The first-order chi connectivity index (χ1) is 5.22. The van der Waals surface area contributed by atoms with Crippen molar-refractivity contribution in [3.05, 3.63) is 40.2 Å². The molecular weight excluding hydrogens is 144 g/mol. The minimum atomic E-state index is -0.712. The zero-order chi connectivity index (χ0) is 8.27. The van der Waals surface area contributed by atoms with Crippen LogP contribution >= 0.6 is 0 Å². The molecule has 4 nitrogen and oxygen atoms in total. The van der Waals surface area contributed by atoms with Gasteiger partial charge in [-0.05, 0) is 12.1 Å². The largest absolute Gasteiger partial charge is 0.264 e. The van der Waals surface area contributed by atoms with Crippen LogP contribution in [-0.4, -0.2) is 9.91 Å². The molecule has 4 heteroatoms. The maximum Gasteiger partial charge on any atom is 0.251 e. The highest BCUT2D eigenvalue weighted by Gasteiger charge is 2.15. The van der Waals surface area contributed by atoms with Crippen molar-refractivity contribution in [2.75, 3.05) is 0 Å². The van der Waals surface area contributed by atoms with E-state index >= 15 is 0 Å². The monoisotopic (exact) mass is 152 g/mol. The Morgan fingerprint density at radius 2 is 2.36 bits per heavy atom. The van der Waals surface area contributed by atoms with E-state index in [2.05, 4.69) is 4.98 Å². The Bertz CT molecular complexity index is 248. The van der Waals surface area contributed by atoms with Gasteiger partial charge in [0.2, 0.25) is 0 Å². The van der Waals surface area contributed by atoms with E-state index in [9.17, 15) is 10.1 Å². The van der Waals surface area contributed by atoms with E-state index in [0.29, 0.717) is 5.69 Å². The molecule has 0 radical (unpaired) electrons. The summed E-state index contributed by atoms with van der Waals surface area (Å²) in [5, 5.41) is 10.3. The first kappa shape index (κ1) is 7.65. The van der Waals surface area contributed by atoms with Crippen LogP contribution in [0, 0.1) is 10.1 Å². The molecule has 0 aromatic carbocycles. The highest BCUT2D eigenvalue weighted by molar-refractivity contribution is 5.05. The molecule has 1 rings (SSSR count). The Morgan fingerprint density at radius 3 is 2.82 bits per heavy atom. The number of aromatic nitrogens is 1. The highest BCUT2D eigenvalue weighted by atomic mass is 16.6. The fourth-order valence-corrected chi connectivity index (χ4v) is 0.731. The Hall–Kier alpha value is -1.45. The minimum absolute atomic E-state index is 0.359. The third kappa shape index (κ3) is 1.73. The summed E-state index contributed by atoms with van der Waals surface area (Å²) in [4.78, 5) is 13.8. The van der Waals surface area contributed by atoms with Crippen molar-refractivity contribution in [3.8, 4) is 0 Å². The molecule has 0 aliphatic rings. The van der Waals surface area contributed by atoms with Crippen molar-refractivity contribution in [3.63, 3.8) is 0 Å². The summed E-state index contributed by atoms with van der Waals surface area (Å²) < 4.78 is 0. The molecule has 11 heavy (non-hydrogen) atoms. The molecule has 1 unspecified atom stereocenters. The summed E-state index contributed by atoms with van der Waals surface area (Å²) in [6, 6.07) is 4.41. The zero-order valence-corrected chi connectivity index (χ0v) is 6.10. The normalized spacial score (nSPS) is 12.5. The SMILES string of the molecule is CC(c1ccccn1)[N+](=O)[O-]. The smallest absolute Gasteiger partial charge is 0.251 e. The van der Waals surface area contributed by atoms with Crippen LogP contribution in [0.4, 0.5) is 0 Å². The standard InChI is InChI=1S/C7H8N2O2/c1-6(9(10)11)7-4-2-3-5-8-7/h2-6H,1H3. The van der Waals surface area contributed by atoms with E-state index in [1.165, 1.54) is 6.92 Å². The lowest BCUT2D eigenvalue weighted by molar-refractivity contribution is -0.525. The molecule has 0 aliphatic heterocycles. The van der Waals surface area contributed by atoms with E-state index in [-0.39, 0.29) is 4.92 Å². The van der Waals surface area contributed by atoms with Crippen LogP contribution in [0.15, 0.2) is 24.4 Å². The minimum Gasteiger partial charge on any atom is -0.264 e. The molecule has 0 saturated carbocycles. The number of nitro groups is 1. The molecule has 1 aromatic heterocycles. The van der Waals surface area contributed by atoms with Gasteiger partial charge in [0.1, 0.15) is 5.69 Å². The van der Waals surface area contributed by atoms with Gasteiger partial charge in [0, 0.05) is 18.0 Å². The quantitative estimate of drug-likeness (QED) is 0.475. The maximum atomic E-state index is 10.3. The van der Waals surface area contributed by atoms with E-state index < -0.39 is 6.04 Å². The van der Waals surface area contributed by atoms with Crippen molar-refractivity contribution in [2.45, 2.75) is 13.0 Å². The molecule has 0 bridgehead atoms. The van der Waals surface area contributed by atoms with Gasteiger partial charge >= 0.3 is 0 Å². The van der Waals surface area contributed by atoms with Crippen LogP contribution in [0.5, 0.6) is 0 Å². The third-order valence-corrected chi connectivity index (χ3v) is 1.43.